The van der Waals surface area contributed by atoms with Crippen molar-refractivity contribution < 1.29 is 33.6 Å². The van der Waals surface area contributed by atoms with E-state index in [0.717, 1.165) is 30.8 Å². The highest BCUT2D eigenvalue weighted by Crippen LogP contribution is 2.17. The van der Waals surface area contributed by atoms with Crippen molar-refractivity contribution in [1.82, 2.24) is 5.32 Å². The minimum absolute atomic E-state index is 0.0321. The van der Waals surface area contributed by atoms with Crippen LogP contribution in [-0.4, -0.2) is 82.9 Å². The van der Waals surface area contributed by atoms with E-state index in [-0.39, 0.29) is 5.78 Å². The van der Waals surface area contributed by atoms with Gasteiger partial charge in [-0.15, -0.1) is 0 Å². The minimum atomic E-state index is -1.02. The molecule has 0 saturated carbocycles. The largest absolute Gasteiger partial charge is 0.494 e. The molecule has 0 aliphatic carbocycles. The number of benzene rings is 2. The van der Waals surface area contributed by atoms with Crippen molar-refractivity contribution in [3.8, 4) is 5.75 Å². The van der Waals surface area contributed by atoms with Gasteiger partial charge in [-0.25, -0.2) is 4.79 Å². The van der Waals surface area contributed by atoms with Crippen LogP contribution in [0.25, 0.3) is 0 Å². The maximum Gasteiger partial charge on any atom is 0.404 e. The summed E-state index contributed by atoms with van der Waals surface area (Å²) in [6.45, 7) is 5.35. The third-order valence-corrected chi connectivity index (χ3v) is 5.16. The van der Waals surface area contributed by atoms with Crippen LogP contribution in [0.5, 0.6) is 5.75 Å². The molecule has 0 radical (unpaired) electrons. The van der Waals surface area contributed by atoms with Gasteiger partial charge >= 0.3 is 6.09 Å². The summed E-state index contributed by atoms with van der Waals surface area (Å²) in [6.07, 6.45) is 1.24. The highest BCUT2D eigenvalue weighted by atomic mass is 16.5. The number of ketones is 1. The van der Waals surface area contributed by atoms with E-state index in [9.17, 15) is 9.59 Å². The summed E-state index contributed by atoms with van der Waals surface area (Å²) in [4.78, 5) is 23.0. The fraction of sp³-hybridized carbons (Fsp3) is 0.481. The van der Waals surface area contributed by atoms with Gasteiger partial charge in [-0.05, 0) is 74.3 Å². The first-order chi connectivity index (χ1) is 18.1. The van der Waals surface area contributed by atoms with Gasteiger partial charge < -0.3 is 40.4 Å². The van der Waals surface area contributed by atoms with Gasteiger partial charge in [-0.2, -0.15) is 0 Å². The third-order valence-electron chi connectivity index (χ3n) is 5.16. The molecule has 10 nitrogen and oxygen atoms in total. The number of anilines is 1. The number of amides is 1. The molecule has 0 atom stereocenters. The Balaban J connectivity index is 1.49. The van der Waals surface area contributed by atoms with Gasteiger partial charge in [-0.1, -0.05) is 0 Å². The van der Waals surface area contributed by atoms with Crippen LogP contribution in [0.4, 0.5) is 10.5 Å². The molecule has 0 bridgehead atoms. The van der Waals surface area contributed by atoms with Crippen LogP contribution in [0.2, 0.25) is 0 Å². The number of nitrogens with two attached hydrogens (primary N) is 1. The number of hydrogen-bond acceptors (Lipinski definition) is 8. The number of ether oxygens (including phenoxy) is 4. The van der Waals surface area contributed by atoms with Crippen LogP contribution >= 0.6 is 0 Å². The zero-order valence-corrected chi connectivity index (χ0v) is 21.3. The van der Waals surface area contributed by atoms with Gasteiger partial charge in [0.15, 0.2) is 5.78 Å². The molecule has 5 N–H and O–H groups in total. The number of rotatable bonds is 21. The molecular formula is C27H39N3O7. The highest BCUT2D eigenvalue weighted by molar-refractivity contribution is 6.09. The van der Waals surface area contributed by atoms with E-state index >= 15 is 0 Å². The maximum absolute atomic E-state index is 12.7. The molecule has 0 spiro atoms. The van der Waals surface area contributed by atoms with Gasteiger partial charge in [0, 0.05) is 43.1 Å². The lowest BCUT2D eigenvalue weighted by Gasteiger charge is -2.09. The molecule has 0 unspecified atom stereocenters. The number of nitrogens with one attached hydrogen (secondary N) is 2. The summed E-state index contributed by atoms with van der Waals surface area (Å²) in [5.74, 6) is 0.697. The van der Waals surface area contributed by atoms with E-state index in [1.54, 1.807) is 24.3 Å². The van der Waals surface area contributed by atoms with Gasteiger partial charge in [0.2, 0.25) is 0 Å². The summed E-state index contributed by atoms with van der Waals surface area (Å²) >= 11 is 0. The topological polar surface area (TPSA) is 141 Å². The van der Waals surface area contributed by atoms with Crippen molar-refractivity contribution in [1.29, 1.82) is 0 Å². The molecule has 0 saturated heterocycles. The molecule has 2 rings (SSSR count). The molecule has 0 aliphatic rings. The van der Waals surface area contributed by atoms with E-state index in [1.807, 2.05) is 24.3 Å². The molecule has 37 heavy (non-hydrogen) atoms. The molecule has 204 valence electrons. The molecule has 10 heteroatoms. The molecule has 1 amide bonds. The lowest BCUT2D eigenvalue weighted by Crippen LogP contribution is -2.23. The quantitative estimate of drug-likeness (QED) is 0.145. The average Bonchev–Trinajstić information content (AvgIpc) is 2.91. The van der Waals surface area contributed by atoms with Crippen molar-refractivity contribution in [2.45, 2.75) is 19.3 Å². The summed E-state index contributed by atoms with van der Waals surface area (Å²) in [6, 6.07) is 14.6. The Labute approximate surface area is 218 Å². The zero-order valence-electron chi connectivity index (χ0n) is 21.3. The van der Waals surface area contributed by atoms with Gasteiger partial charge in [0.25, 0.3) is 0 Å². The van der Waals surface area contributed by atoms with Crippen molar-refractivity contribution in [2.75, 3.05) is 71.2 Å². The molecule has 0 aromatic heterocycles. The lowest BCUT2D eigenvalue weighted by molar-refractivity contribution is 0.0142. The smallest absolute Gasteiger partial charge is 0.404 e. The second-order valence-electron chi connectivity index (χ2n) is 8.12. The number of carbonyl (C=O) groups is 2. The van der Waals surface area contributed by atoms with Crippen molar-refractivity contribution in [2.24, 2.45) is 5.73 Å². The van der Waals surface area contributed by atoms with Crippen LogP contribution < -0.4 is 21.1 Å². The van der Waals surface area contributed by atoms with E-state index in [1.165, 1.54) is 0 Å². The Morgan fingerprint density at radius 3 is 1.81 bits per heavy atom. The Morgan fingerprint density at radius 1 is 0.703 bits per heavy atom. The third kappa shape index (κ3) is 13.6. The van der Waals surface area contributed by atoms with Crippen molar-refractivity contribution in [3.05, 3.63) is 59.7 Å². The summed E-state index contributed by atoms with van der Waals surface area (Å²) in [7, 11) is 0. The molecule has 2 aromatic carbocycles. The van der Waals surface area contributed by atoms with E-state index in [2.05, 4.69) is 10.6 Å². The lowest BCUT2D eigenvalue weighted by atomic mass is 10.0. The minimum Gasteiger partial charge on any atom is -0.494 e. The first kappa shape index (κ1) is 30.0. The van der Waals surface area contributed by atoms with E-state index < -0.39 is 6.09 Å². The summed E-state index contributed by atoms with van der Waals surface area (Å²) in [5, 5.41) is 14.0. The van der Waals surface area contributed by atoms with Gasteiger partial charge in [0.05, 0.1) is 33.0 Å². The molecule has 2 aromatic rings. The second kappa shape index (κ2) is 19.0. The highest BCUT2D eigenvalue weighted by Gasteiger charge is 2.09. The van der Waals surface area contributed by atoms with Crippen LogP contribution in [0.3, 0.4) is 0 Å². The molecular weight excluding hydrogens is 478 g/mol. The predicted octanol–water partition coefficient (Wildman–Crippen LogP) is 3.15. The summed E-state index contributed by atoms with van der Waals surface area (Å²) in [5.41, 5.74) is 7.66. The van der Waals surface area contributed by atoms with Crippen molar-refractivity contribution >= 4 is 17.6 Å². The fourth-order valence-corrected chi connectivity index (χ4v) is 3.20. The van der Waals surface area contributed by atoms with Crippen LogP contribution in [0.15, 0.2) is 48.5 Å². The number of hydrogen-bond donors (Lipinski definition) is 4. The molecule has 0 aliphatic heterocycles. The first-order valence-electron chi connectivity index (χ1n) is 12.6. The van der Waals surface area contributed by atoms with Crippen molar-refractivity contribution in [3.63, 3.8) is 0 Å². The second-order valence-corrected chi connectivity index (χ2v) is 8.12. The molecule has 0 fully saturated rings. The Morgan fingerprint density at radius 2 is 1.24 bits per heavy atom. The summed E-state index contributed by atoms with van der Waals surface area (Å²) < 4.78 is 21.9. The van der Waals surface area contributed by atoms with E-state index in [4.69, 9.17) is 29.8 Å². The van der Waals surface area contributed by atoms with Crippen LogP contribution in [0, 0.1) is 0 Å². The average molecular weight is 518 g/mol. The van der Waals surface area contributed by atoms with E-state index in [0.29, 0.717) is 76.9 Å². The zero-order chi connectivity index (χ0) is 26.6. The monoisotopic (exact) mass is 517 g/mol. The number of carbonyl (C=O) groups excluding carboxylic acids is 1. The van der Waals surface area contributed by atoms with Gasteiger partial charge in [0.1, 0.15) is 5.75 Å². The predicted molar refractivity (Wildman–Crippen MR) is 142 cm³/mol. The SMILES string of the molecule is NCCCOc1ccc(C(=O)c2ccc(NCCCOCCOCCOCCCNC(=O)O)cc2)cc1. The number of carboxylic acid groups (broad SMARTS) is 1. The van der Waals surface area contributed by atoms with Crippen LogP contribution in [0.1, 0.15) is 35.2 Å². The standard InChI is InChI=1S/C27H39N3O7/c28-12-1-17-37-25-10-6-23(7-11-25)26(31)22-4-8-24(9-5-22)29-13-2-15-34-18-20-36-21-19-35-16-3-14-30-27(32)33/h4-11,29-30H,1-3,12-21,28H2,(H,32,33). The maximum atomic E-state index is 12.7. The Hall–Kier alpha value is -3.18. The normalized spacial score (nSPS) is 10.7. The van der Waals surface area contributed by atoms with Gasteiger partial charge in [-0.3, -0.25) is 4.79 Å². The Bertz CT molecular complexity index is 892. The molecule has 0 heterocycles. The first-order valence-corrected chi connectivity index (χ1v) is 12.6. The Kier molecular flexibility index (Phi) is 15.4. The van der Waals surface area contributed by atoms with Crippen LogP contribution in [-0.2, 0) is 14.2 Å². The fourth-order valence-electron chi connectivity index (χ4n) is 3.20.